The second-order valence-corrected chi connectivity index (χ2v) is 5.05. The van der Waals surface area contributed by atoms with Gasteiger partial charge in [0.15, 0.2) is 0 Å². The average molecular weight is 299 g/mol. The molecule has 2 aromatic carbocycles. The molecule has 0 radical (unpaired) electrons. The van der Waals surface area contributed by atoms with Crippen LogP contribution in [0.25, 0.3) is 0 Å². The third kappa shape index (κ3) is 3.20. The van der Waals surface area contributed by atoms with E-state index >= 15 is 0 Å². The fraction of sp³-hybridized carbons (Fsp3) is 0.200. The van der Waals surface area contributed by atoms with Gasteiger partial charge in [-0.15, -0.1) is 11.6 Å². The molecule has 0 saturated carbocycles. The summed E-state index contributed by atoms with van der Waals surface area (Å²) in [6, 6.07) is 12.0. The highest BCUT2D eigenvalue weighted by atomic mass is 35.5. The number of ether oxygens (including phenoxy) is 1. The summed E-state index contributed by atoms with van der Waals surface area (Å²) < 4.78 is 19.0. The van der Waals surface area contributed by atoms with Crippen molar-refractivity contribution < 1.29 is 9.13 Å². The van der Waals surface area contributed by atoms with Crippen LogP contribution in [0.4, 0.5) is 4.39 Å². The molecule has 0 aliphatic heterocycles. The molecule has 0 aliphatic rings. The second kappa shape index (κ2) is 6.27. The summed E-state index contributed by atoms with van der Waals surface area (Å²) in [5.74, 6) is 0.350. The molecule has 0 heterocycles. The summed E-state index contributed by atoms with van der Waals surface area (Å²) in [6.45, 7) is 0. The van der Waals surface area contributed by atoms with Crippen molar-refractivity contribution in [3.63, 3.8) is 0 Å². The minimum atomic E-state index is -0.398. The maximum atomic E-state index is 13.7. The Morgan fingerprint density at radius 3 is 2.58 bits per heavy atom. The molecule has 0 saturated heterocycles. The molecule has 0 fully saturated rings. The minimum absolute atomic E-state index is 0.313. The number of hydrogen-bond acceptors (Lipinski definition) is 1. The largest absolute Gasteiger partial charge is 0.496 e. The van der Waals surface area contributed by atoms with E-state index in [-0.39, 0.29) is 5.82 Å². The first-order chi connectivity index (χ1) is 9.13. The molecule has 0 spiro atoms. The second-order valence-electron chi connectivity index (χ2n) is 4.11. The van der Waals surface area contributed by atoms with Gasteiger partial charge in [-0.25, -0.2) is 4.39 Å². The van der Waals surface area contributed by atoms with Crippen LogP contribution < -0.4 is 4.74 Å². The Labute approximate surface area is 121 Å². The van der Waals surface area contributed by atoms with Crippen LogP contribution in [0.5, 0.6) is 5.75 Å². The maximum Gasteiger partial charge on any atom is 0.127 e. The van der Waals surface area contributed by atoms with E-state index < -0.39 is 5.38 Å². The Morgan fingerprint density at radius 2 is 1.89 bits per heavy atom. The lowest BCUT2D eigenvalue weighted by atomic mass is 10.0. The van der Waals surface area contributed by atoms with Crippen LogP contribution in [-0.4, -0.2) is 7.11 Å². The summed E-state index contributed by atoms with van der Waals surface area (Å²) >= 11 is 12.4. The number of methoxy groups -OCH3 is 1. The molecule has 1 atom stereocenters. The Hall–Kier alpha value is -1.25. The number of halogens is 3. The quantitative estimate of drug-likeness (QED) is 0.721. The highest BCUT2D eigenvalue weighted by Crippen LogP contribution is 2.34. The van der Waals surface area contributed by atoms with Gasteiger partial charge in [-0.1, -0.05) is 35.9 Å². The molecule has 0 aromatic heterocycles. The SMILES string of the molecule is COc1ccccc1C(Cl)Cc1c(F)cccc1Cl. The summed E-state index contributed by atoms with van der Waals surface area (Å²) in [6.07, 6.45) is 0.313. The van der Waals surface area contributed by atoms with Gasteiger partial charge in [0.25, 0.3) is 0 Å². The molecule has 0 N–H and O–H groups in total. The van der Waals surface area contributed by atoms with Crippen molar-refractivity contribution in [2.45, 2.75) is 11.8 Å². The lowest BCUT2D eigenvalue weighted by Gasteiger charge is -2.15. The highest BCUT2D eigenvalue weighted by Gasteiger charge is 2.17. The Morgan fingerprint density at radius 1 is 1.16 bits per heavy atom. The van der Waals surface area contributed by atoms with Gasteiger partial charge in [0.05, 0.1) is 12.5 Å². The molecule has 19 heavy (non-hydrogen) atoms. The topological polar surface area (TPSA) is 9.23 Å². The molecule has 4 heteroatoms. The standard InChI is InChI=1S/C15H13Cl2FO/c1-19-15-8-3-2-5-10(15)13(17)9-11-12(16)6-4-7-14(11)18/h2-8,13H,9H2,1H3. The summed E-state index contributed by atoms with van der Waals surface area (Å²) in [5.41, 5.74) is 1.25. The van der Waals surface area contributed by atoms with Crippen LogP contribution in [0.2, 0.25) is 5.02 Å². The third-order valence-corrected chi connectivity index (χ3v) is 3.66. The molecule has 2 rings (SSSR count). The molecule has 100 valence electrons. The molecule has 0 bridgehead atoms. The van der Waals surface area contributed by atoms with Gasteiger partial charge in [0.1, 0.15) is 11.6 Å². The fourth-order valence-corrected chi connectivity index (χ4v) is 2.52. The van der Waals surface area contributed by atoms with Gasteiger partial charge in [-0.2, -0.15) is 0 Å². The molecule has 0 amide bonds. The van der Waals surface area contributed by atoms with Gasteiger partial charge in [0.2, 0.25) is 0 Å². The summed E-state index contributed by atoms with van der Waals surface area (Å²) in [4.78, 5) is 0. The first kappa shape index (κ1) is 14.2. The van der Waals surface area contributed by atoms with E-state index in [4.69, 9.17) is 27.9 Å². The van der Waals surface area contributed by atoms with Crippen molar-refractivity contribution in [3.05, 3.63) is 64.4 Å². The molecule has 1 nitrogen and oxygen atoms in total. The van der Waals surface area contributed by atoms with Crippen LogP contribution in [0, 0.1) is 5.82 Å². The van der Waals surface area contributed by atoms with Gasteiger partial charge in [0, 0.05) is 16.1 Å². The summed E-state index contributed by atoms with van der Waals surface area (Å²) in [5, 5.41) is -0.00824. The monoisotopic (exact) mass is 298 g/mol. The van der Waals surface area contributed by atoms with Gasteiger partial charge in [-0.3, -0.25) is 0 Å². The average Bonchev–Trinajstić information content (AvgIpc) is 2.42. The van der Waals surface area contributed by atoms with Crippen LogP contribution >= 0.6 is 23.2 Å². The van der Waals surface area contributed by atoms with E-state index in [0.29, 0.717) is 22.8 Å². The van der Waals surface area contributed by atoms with Crippen molar-refractivity contribution in [3.8, 4) is 5.75 Å². The Bertz CT molecular complexity index is 552. The van der Waals surface area contributed by atoms with Crippen molar-refractivity contribution in [1.29, 1.82) is 0 Å². The lowest BCUT2D eigenvalue weighted by molar-refractivity contribution is 0.409. The van der Waals surface area contributed by atoms with Crippen LogP contribution in [0.3, 0.4) is 0 Å². The zero-order chi connectivity index (χ0) is 13.8. The predicted molar refractivity (Wildman–Crippen MR) is 76.7 cm³/mol. The maximum absolute atomic E-state index is 13.7. The number of rotatable bonds is 4. The zero-order valence-electron chi connectivity index (χ0n) is 10.4. The van der Waals surface area contributed by atoms with Crippen molar-refractivity contribution in [2.24, 2.45) is 0 Å². The first-order valence-electron chi connectivity index (χ1n) is 5.83. The lowest BCUT2D eigenvalue weighted by Crippen LogP contribution is -2.01. The number of hydrogen-bond donors (Lipinski definition) is 0. The number of alkyl halides is 1. The molecule has 2 aromatic rings. The van der Waals surface area contributed by atoms with Crippen molar-refractivity contribution >= 4 is 23.2 Å². The van der Waals surface area contributed by atoms with Crippen LogP contribution in [0.1, 0.15) is 16.5 Å². The number of para-hydroxylation sites is 1. The molecule has 1 unspecified atom stereocenters. The fourth-order valence-electron chi connectivity index (χ4n) is 1.94. The van der Waals surface area contributed by atoms with E-state index in [0.717, 1.165) is 5.56 Å². The third-order valence-electron chi connectivity index (χ3n) is 2.92. The van der Waals surface area contributed by atoms with E-state index in [1.807, 2.05) is 24.3 Å². The van der Waals surface area contributed by atoms with Crippen molar-refractivity contribution in [1.82, 2.24) is 0 Å². The Balaban J connectivity index is 2.28. The van der Waals surface area contributed by atoms with E-state index in [1.54, 1.807) is 19.2 Å². The minimum Gasteiger partial charge on any atom is -0.496 e. The van der Waals surface area contributed by atoms with Gasteiger partial charge >= 0.3 is 0 Å². The molecular formula is C15H13Cl2FO. The highest BCUT2D eigenvalue weighted by molar-refractivity contribution is 6.31. The van der Waals surface area contributed by atoms with Gasteiger partial charge in [-0.05, 0) is 24.6 Å². The van der Waals surface area contributed by atoms with E-state index in [9.17, 15) is 4.39 Å². The van der Waals surface area contributed by atoms with Crippen LogP contribution in [0.15, 0.2) is 42.5 Å². The smallest absolute Gasteiger partial charge is 0.127 e. The summed E-state index contributed by atoms with van der Waals surface area (Å²) in [7, 11) is 1.58. The Kier molecular flexibility index (Phi) is 4.67. The van der Waals surface area contributed by atoms with Gasteiger partial charge < -0.3 is 4.74 Å². The predicted octanol–water partition coefficient (Wildman–Crippen LogP) is 5.01. The van der Waals surface area contributed by atoms with Crippen molar-refractivity contribution in [2.75, 3.05) is 7.11 Å². The van der Waals surface area contributed by atoms with E-state index in [1.165, 1.54) is 6.07 Å². The van der Waals surface area contributed by atoms with E-state index in [2.05, 4.69) is 0 Å². The first-order valence-corrected chi connectivity index (χ1v) is 6.64. The molecule has 0 aliphatic carbocycles. The number of benzene rings is 2. The molecular weight excluding hydrogens is 286 g/mol. The normalized spacial score (nSPS) is 12.2. The zero-order valence-corrected chi connectivity index (χ0v) is 11.9. The van der Waals surface area contributed by atoms with Crippen LogP contribution in [-0.2, 0) is 6.42 Å².